The van der Waals surface area contributed by atoms with Crippen LogP contribution in [0.1, 0.15) is 32.3 Å². The van der Waals surface area contributed by atoms with Crippen LogP contribution in [0.3, 0.4) is 0 Å². The molecular formula is C18H27NO5S. The average molecular weight is 369 g/mol. The summed E-state index contributed by atoms with van der Waals surface area (Å²) in [5.41, 5.74) is 1.03. The first-order valence-corrected chi connectivity index (χ1v) is 10.3. The van der Waals surface area contributed by atoms with Gasteiger partial charge >= 0.3 is 0 Å². The summed E-state index contributed by atoms with van der Waals surface area (Å²) in [6, 6.07) is 6.94. The molecule has 2 heterocycles. The van der Waals surface area contributed by atoms with E-state index in [9.17, 15) is 8.42 Å². The quantitative estimate of drug-likeness (QED) is 0.797. The minimum absolute atomic E-state index is 0.0646. The number of hydrogen-bond acceptors (Lipinski definition) is 5. The van der Waals surface area contributed by atoms with Gasteiger partial charge in [0.05, 0.1) is 30.3 Å². The van der Waals surface area contributed by atoms with Crippen molar-refractivity contribution in [3.63, 3.8) is 0 Å². The van der Waals surface area contributed by atoms with E-state index in [2.05, 4.69) is 0 Å². The third-order valence-corrected chi connectivity index (χ3v) is 6.55. The zero-order valence-electron chi connectivity index (χ0n) is 15.1. The van der Waals surface area contributed by atoms with Crippen LogP contribution in [0.4, 0.5) is 0 Å². The van der Waals surface area contributed by atoms with Gasteiger partial charge in [0.1, 0.15) is 0 Å². The summed E-state index contributed by atoms with van der Waals surface area (Å²) < 4.78 is 45.3. The van der Waals surface area contributed by atoms with Crippen LogP contribution < -0.4 is 0 Å². The topological polar surface area (TPSA) is 65.1 Å². The second-order valence-corrected chi connectivity index (χ2v) is 8.83. The summed E-state index contributed by atoms with van der Waals surface area (Å²) in [5, 5.41) is 0. The fourth-order valence-electron chi connectivity index (χ4n) is 3.43. The lowest BCUT2D eigenvalue weighted by atomic mass is 10.1. The van der Waals surface area contributed by atoms with E-state index in [-0.39, 0.29) is 25.3 Å². The summed E-state index contributed by atoms with van der Waals surface area (Å²) in [6.07, 6.45) is 1.28. The molecule has 0 aromatic heterocycles. The number of aryl methyl sites for hydroxylation is 1. The van der Waals surface area contributed by atoms with E-state index in [1.165, 1.54) is 4.31 Å². The molecule has 0 bridgehead atoms. The Morgan fingerprint density at radius 2 is 2.00 bits per heavy atom. The molecule has 3 rings (SSSR count). The monoisotopic (exact) mass is 369 g/mol. The molecule has 2 saturated heterocycles. The Morgan fingerprint density at radius 3 is 2.60 bits per heavy atom. The zero-order valence-corrected chi connectivity index (χ0v) is 15.9. The Balaban J connectivity index is 1.86. The van der Waals surface area contributed by atoms with Crippen molar-refractivity contribution in [1.82, 2.24) is 4.31 Å². The van der Waals surface area contributed by atoms with Crippen molar-refractivity contribution in [2.24, 2.45) is 0 Å². The van der Waals surface area contributed by atoms with Crippen molar-refractivity contribution in [2.45, 2.75) is 56.5 Å². The molecule has 2 aliphatic heterocycles. The van der Waals surface area contributed by atoms with Crippen molar-refractivity contribution in [1.29, 1.82) is 0 Å². The minimum atomic E-state index is -3.60. The molecular weight excluding hydrogens is 342 g/mol. The van der Waals surface area contributed by atoms with Crippen LogP contribution in [0, 0.1) is 6.92 Å². The average Bonchev–Trinajstić information content (AvgIpc) is 2.92. The molecule has 3 unspecified atom stereocenters. The molecule has 0 aliphatic carbocycles. The normalized spacial score (nSPS) is 30.8. The van der Waals surface area contributed by atoms with Crippen molar-refractivity contribution < 1.29 is 22.6 Å². The first-order chi connectivity index (χ1) is 11.8. The molecule has 1 aromatic rings. The van der Waals surface area contributed by atoms with Crippen LogP contribution in [0.15, 0.2) is 29.2 Å². The van der Waals surface area contributed by atoms with E-state index in [0.717, 1.165) is 12.0 Å². The van der Waals surface area contributed by atoms with Crippen molar-refractivity contribution >= 4 is 10.0 Å². The van der Waals surface area contributed by atoms with Gasteiger partial charge in [0.2, 0.25) is 10.0 Å². The van der Waals surface area contributed by atoms with Gasteiger partial charge in [0, 0.05) is 19.6 Å². The lowest BCUT2D eigenvalue weighted by Gasteiger charge is -2.43. The van der Waals surface area contributed by atoms with Crippen molar-refractivity contribution in [3.8, 4) is 0 Å². The molecule has 25 heavy (non-hydrogen) atoms. The van der Waals surface area contributed by atoms with Gasteiger partial charge in [-0.25, -0.2) is 8.42 Å². The predicted molar refractivity (Wildman–Crippen MR) is 93.8 cm³/mol. The Morgan fingerprint density at radius 1 is 1.28 bits per heavy atom. The molecule has 0 radical (unpaired) electrons. The largest absolute Gasteiger partial charge is 0.379 e. The standard InChI is InChI=1S/C18H27NO5S/c1-4-22-12-16-11-19(13-18(24-16)10-9-15(3)23-18)25(20,21)17-7-5-14(2)6-8-17/h5-8,15-16H,4,9-13H2,1-3H3. The Hall–Kier alpha value is -0.990. The smallest absolute Gasteiger partial charge is 0.243 e. The minimum Gasteiger partial charge on any atom is -0.379 e. The molecule has 3 atom stereocenters. The molecule has 6 nitrogen and oxygen atoms in total. The molecule has 1 spiro atoms. The van der Waals surface area contributed by atoms with Crippen LogP contribution in [-0.2, 0) is 24.2 Å². The Labute approximate surface area is 150 Å². The number of nitrogens with zero attached hydrogens (tertiary/aromatic N) is 1. The van der Waals surface area contributed by atoms with Gasteiger partial charge < -0.3 is 14.2 Å². The second-order valence-electron chi connectivity index (χ2n) is 6.89. The SMILES string of the molecule is CCOCC1CN(S(=O)(=O)c2ccc(C)cc2)CC2(CCC(C)O2)O1. The van der Waals surface area contributed by atoms with Crippen molar-refractivity contribution in [2.75, 3.05) is 26.3 Å². The lowest BCUT2D eigenvalue weighted by molar-refractivity contribution is -0.277. The maximum absolute atomic E-state index is 13.1. The van der Waals surface area contributed by atoms with Crippen LogP contribution in [0.25, 0.3) is 0 Å². The zero-order chi connectivity index (χ0) is 18.1. The van der Waals surface area contributed by atoms with Gasteiger partial charge in [-0.2, -0.15) is 4.31 Å². The highest BCUT2D eigenvalue weighted by Crippen LogP contribution is 2.37. The molecule has 0 amide bonds. The highest BCUT2D eigenvalue weighted by molar-refractivity contribution is 7.89. The van der Waals surface area contributed by atoms with Gasteiger partial charge in [-0.1, -0.05) is 17.7 Å². The number of benzene rings is 1. The molecule has 140 valence electrons. The molecule has 0 N–H and O–H groups in total. The van der Waals surface area contributed by atoms with Crippen LogP contribution in [-0.4, -0.2) is 57.0 Å². The van der Waals surface area contributed by atoms with Gasteiger partial charge in [0.15, 0.2) is 5.79 Å². The van der Waals surface area contributed by atoms with Crippen molar-refractivity contribution in [3.05, 3.63) is 29.8 Å². The molecule has 1 aromatic carbocycles. The fourth-order valence-corrected chi connectivity index (χ4v) is 4.94. The predicted octanol–water partition coefficient (Wildman–Crippen LogP) is 2.32. The third kappa shape index (κ3) is 4.06. The summed E-state index contributed by atoms with van der Waals surface area (Å²) in [7, 11) is -3.60. The van der Waals surface area contributed by atoms with Gasteiger partial charge in [0.25, 0.3) is 0 Å². The van der Waals surface area contributed by atoms with E-state index in [4.69, 9.17) is 14.2 Å². The van der Waals surface area contributed by atoms with Gasteiger partial charge in [-0.3, -0.25) is 0 Å². The number of hydrogen-bond donors (Lipinski definition) is 0. The number of morpholine rings is 1. The van der Waals surface area contributed by atoms with Crippen LogP contribution in [0.2, 0.25) is 0 Å². The first kappa shape index (κ1) is 18.8. The molecule has 0 saturated carbocycles. The third-order valence-electron chi connectivity index (χ3n) is 4.72. The summed E-state index contributed by atoms with van der Waals surface area (Å²) in [5.74, 6) is -0.864. The van der Waals surface area contributed by atoms with Crippen LogP contribution >= 0.6 is 0 Å². The van der Waals surface area contributed by atoms with E-state index < -0.39 is 15.8 Å². The molecule has 2 fully saturated rings. The lowest BCUT2D eigenvalue weighted by Crippen LogP contribution is -2.58. The number of rotatable bonds is 5. The summed E-state index contributed by atoms with van der Waals surface area (Å²) in [4.78, 5) is 0.302. The maximum atomic E-state index is 13.1. The second kappa shape index (κ2) is 7.32. The van der Waals surface area contributed by atoms with E-state index >= 15 is 0 Å². The number of sulfonamides is 1. The van der Waals surface area contributed by atoms with E-state index in [1.54, 1.807) is 12.1 Å². The maximum Gasteiger partial charge on any atom is 0.243 e. The van der Waals surface area contributed by atoms with Crippen LogP contribution in [0.5, 0.6) is 0 Å². The van der Waals surface area contributed by atoms with E-state index in [1.807, 2.05) is 32.9 Å². The fraction of sp³-hybridized carbons (Fsp3) is 0.667. The summed E-state index contributed by atoms with van der Waals surface area (Å²) >= 11 is 0. The first-order valence-electron chi connectivity index (χ1n) is 8.85. The van der Waals surface area contributed by atoms with Gasteiger partial charge in [-0.05, 0) is 39.3 Å². The molecule has 7 heteroatoms. The summed E-state index contributed by atoms with van der Waals surface area (Å²) in [6.45, 7) is 7.25. The Kier molecular flexibility index (Phi) is 5.51. The van der Waals surface area contributed by atoms with Gasteiger partial charge in [-0.15, -0.1) is 0 Å². The molecule has 2 aliphatic rings. The van der Waals surface area contributed by atoms with E-state index in [0.29, 0.717) is 24.5 Å². The highest BCUT2D eigenvalue weighted by atomic mass is 32.2. The Bertz CT molecular complexity index is 690. The highest BCUT2D eigenvalue weighted by Gasteiger charge is 2.49. The number of ether oxygens (including phenoxy) is 3.